The summed E-state index contributed by atoms with van der Waals surface area (Å²) < 4.78 is 0. The molecule has 1 N–H and O–H groups in total. The second-order valence-electron chi connectivity index (χ2n) is 5.97. The van der Waals surface area contributed by atoms with Gasteiger partial charge in [-0.1, -0.05) is 44.5 Å². The van der Waals surface area contributed by atoms with Crippen molar-refractivity contribution in [2.75, 3.05) is 7.05 Å². The van der Waals surface area contributed by atoms with Gasteiger partial charge in [-0.15, -0.1) is 0 Å². The van der Waals surface area contributed by atoms with E-state index in [4.69, 9.17) is 0 Å². The molecule has 0 aliphatic rings. The summed E-state index contributed by atoms with van der Waals surface area (Å²) in [5.74, 6) is 0. The molecule has 1 nitrogen and oxygen atoms in total. The molecule has 1 heteroatoms. The van der Waals surface area contributed by atoms with Crippen LogP contribution in [0.2, 0.25) is 0 Å². The predicted molar refractivity (Wildman–Crippen MR) is 71.8 cm³/mol. The maximum absolute atomic E-state index is 3.44. The Kier molecular flexibility index (Phi) is 4.15. The van der Waals surface area contributed by atoms with Gasteiger partial charge in [-0.25, -0.2) is 0 Å². The number of nitrogens with one attached hydrogen (secondary N) is 1. The van der Waals surface area contributed by atoms with Crippen LogP contribution in [0.1, 0.15) is 49.9 Å². The van der Waals surface area contributed by atoms with Crippen LogP contribution < -0.4 is 5.32 Å². The summed E-state index contributed by atoms with van der Waals surface area (Å²) in [7, 11) is 2.05. The quantitative estimate of drug-likeness (QED) is 0.810. The lowest BCUT2D eigenvalue weighted by atomic mass is 9.84. The normalized spacial score (nSPS) is 13.9. The molecule has 0 aliphatic heterocycles. The van der Waals surface area contributed by atoms with Gasteiger partial charge in [-0.2, -0.15) is 0 Å². The van der Waals surface area contributed by atoms with Crippen LogP contribution in [0.3, 0.4) is 0 Å². The van der Waals surface area contributed by atoms with E-state index in [1.807, 2.05) is 0 Å². The third kappa shape index (κ3) is 3.64. The molecule has 16 heavy (non-hydrogen) atoms. The Morgan fingerprint density at radius 1 is 1.19 bits per heavy atom. The first-order valence-corrected chi connectivity index (χ1v) is 6.08. The van der Waals surface area contributed by atoms with Crippen molar-refractivity contribution in [2.24, 2.45) is 5.41 Å². The van der Waals surface area contributed by atoms with E-state index in [0.717, 1.165) is 6.42 Å². The molecule has 1 aromatic rings. The lowest BCUT2D eigenvalue weighted by Crippen LogP contribution is -2.23. The second kappa shape index (κ2) is 5.01. The van der Waals surface area contributed by atoms with Crippen LogP contribution in [0.4, 0.5) is 0 Å². The Morgan fingerprint density at radius 3 is 2.31 bits per heavy atom. The number of hydrogen-bond donors (Lipinski definition) is 1. The van der Waals surface area contributed by atoms with Gasteiger partial charge in [-0.05, 0) is 43.9 Å². The largest absolute Gasteiger partial charge is 0.313 e. The molecule has 0 saturated carbocycles. The summed E-state index contributed by atoms with van der Waals surface area (Å²) in [5, 5.41) is 3.44. The smallest absolute Gasteiger partial charge is 0.0325 e. The third-order valence-corrected chi connectivity index (χ3v) is 2.98. The Bertz CT molecular complexity index is 347. The van der Waals surface area contributed by atoms with Gasteiger partial charge in [0, 0.05) is 6.04 Å². The Labute approximate surface area is 100 Å². The van der Waals surface area contributed by atoms with Gasteiger partial charge in [0.15, 0.2) is 0 Å². The van der Waals surface area contributed by atoms with Crippen LogP contribution in [0.5, 0.6) is 0 Å². The molecule has 0 spiro atoms. The van der Waals surface area contributed by atoms with Gasteiger partial charge >= 0.3 is 0 Å². The fraction of sp³-hybridized carbons (Fsp3) is 0.600. The molecule has 0 bridgehead atoms. The lowest BCUT2D eigenvalue weighted by molar-refractivity contribution is 0.320. The highest BCUT2D eigenvalue weighted by molar-refractivity contribution is 5.33. The topological polar surface area (TPSA) is 12.0 Å². The van der Waals surface area contributed by atoms with E-state index >= 15 is 0 Å². The first kappa shape index (κ1) is 13.2. The van der Waals surface area contributed by atoms with Crippen LogP contribution in [0, 0.1) is 19.3 Å². The van der Waals surface area contributed by atoms with Crippen molar-refractivity contribution in [2.45, 2.75) is 47.1 Å². The average molecular weight is 219 g/mol. The van der Waals surface area contributed by atoms with E-state index in [-0.39, 0.29) is 0 Å². The van der Waals surface area contributed by atoms with Crippen LogP contribution in [-0.4, -0.2) is 7.05 Å². The van der Waals surface area contributed by atoms with Gasteiger partial charge in [0.25, 0.3) is 0 Å². The number of rotatable bonds is 3. The predicted octanol–water partition coefficient (Wildman–Crippen LogP) is 4.00. The molecule has 0 radical (unpaired) electrons. The van der Waals surface area contributed by atoms with Crippen molar-refractivity contribution < 1.29 is 0 Å². The molecule has 0 fully saturated rings. The van der Waals surface area contributed by atoms with Crippen LogP contribution in [0.15, 0.2) is 18.2 Å². The Hall–Kier alpha value is -0.820. The zero-order valence-corrected chi connectivity index (χ0v) is 11.5. The summed E-state index contributed by atoms with van der Waals surface area (Å²) >= 11 is 0. The first-order chi connectivity index (χ1) is 7.33. The summed E-state index contributed by atoms with van der Waals surface area (Å²) in [6, 6.07) is 7.17. The highest BCUT2D eigenvalue weighted by Gasteiger charge is 2.20. The standard InChI is InChI=1S/C15H25N/c1-11-7-8-12(2)13(9-11)14(16-6)10-15(3,4)5/h7-9,14,16H,10H2,1-6H3. The molecule has 1 rings (SSSR count). The summed E-state index contributed by atoms with van der Waals surface area (Å²) in [6.07, 6.45) is 1.16. The molecule has 1 atom stereocenters. The Morgan fingerprint density at radius 2 is 1.81 bits per heavy atom. The van der Waals surface area contributed by atoms with E-state index in [9.17, 15) is 0 Å². The van der Waals surface area contributed by atoms with Gasteiger partial charge in [0.05, 0.1) is 0 Å². The van der Waals surface area contributed by atoms with Crippen LogP contribution in [0.25, 0.3) is 0 Å². The highest BCUT2D eigenvalue weighted by atomic mass is 14.9. The van der Waals surface area contributed by atoms with Crippen molar-refractivity contribution in [3.05, 3.63) is 34.9 Å². The van der Waals surface area contributed by atoms with Gasteiger partial charge < -0.3 is 5.32 Å². The zero-order valence-electron chi connectivity index (χ0n) is 11.5. The van der Waals surface area contributed by atoms with Crippen molar-refractivity contribution in [3.63, 3.8) is 0 Å². The molecule has 0 aromatic heterocycles. The molecular weight excluding hydrogens is 194 g/mol. The van der Waals surface area contributed by atoms with Crippen LogP contribution >= 0.6 is 0 Å². The molecular formula is C15H25N. The summed E-state index contributed by atoms with van der Waals surface area (Å²) in [6.45, 7) is 11.2. The average Bonchev–Trinajstić information content (AvgIpc) is 2.17. The highest BCUT2D eigenvalue weighted by Crippen LogP contribution is 2.31. The Balaban J connectivity index is 2.99. The van der Waals surface area contributed by atoms with Crippen molar-refractivity contribution in [3.8, 4) is 0 Å². The summed E-state index contributed by atoms with van der Waals surface area (Å²) in [5.41, 5.74) is 4.52. The van der Waals surface area contributed by atoms with Crippen LogP contribution in [-0.2, 0) is 0 Å². The monoisotopic (exact) mass is 219 g/mol. The molecule has 0 heterocycles. The molecule has 90 valence electrons. The fourth-order valence-corrected chi connectivity index (χ4v) is 2.12. The van der Waals surface area contributed by atoms with Crippen molar-refractivity contribution in [1.82, 2.24) is 5.32 Å². The minimum Gasteiger partial charge on any atom is -0.313 e. The minimum atomic E-state index is 0.351. The van der Waals surface area contributed by atoms with Gasteiger partial charge in [0.2, 0.25) is 0 Å². The zero-order chi connectivity index (χ0) is 12.3. The molecule has 0 aliphatic carbocycles. The third-order valence-electron chi connectivity index (χ3n) is 2.98. The fourth-order valence-electron chi connectivity index (χ4n) is 2.12. The maximum atomic E-state index is 3.44. The van der Waals surface area contributed by atoms with Gasteiger partial charge in [0.1, 0.15) is 0 Å². The molecule has 0 saturated heterocycles. The number of aryl methyl sites for hydroxylation is 2. The molecule has 0 amide bonds. The SMILES string of the molecule is CNC(CC(C)(C)C)c1cc(C)ccc1C. The summed E-state index contributed by atoms with van der Waals surface area (Å²) in [4.78, 5) is 0. The maximum Gasteiger partial charge on any atom is 0.0325 e. The van der Waals surface area contributed by atoms with E-state index < -0.39 is 0 Å². The van der Waals surface area contributed by atoms with Crippen molar-refractivity contribution >= 4 is 0 Å². The molecule has 1 unspecified atom stereocenters. The van der Waals surface area contributed by atoms with E-state index in [0.29, 0.717) is 11.5 Å². The van der Waals surface area contributed by atoms with E-state index in [1.165, 1.54) is 16.7 Å². The van der Waals surface area contributed by atoms with Gasteiger partial charge in [-0.3, -0.25) is 0 Å². The van der Waals surface area contributed by atoms with E-state index in [2.05, 4.69) is 65.2 Å². The lowest BCUT2D eigenvalue weighted by Gasteiger charge is -2.27. The molecule has 1 aromatic carbocycles. The van der Waals surface area contributed by atoms with E-state index in [1.54, 1.807) is 0 Å². The second-order valence-corrected chi connectivity index (χ2v) is 5.97. The first-order valence-electron chi connectivity index (χ1n) is 6.08. The van der Waals surface area contributed by atoms with Crippen molar-refractivity contribution in [1.29, 1.82) is 0 Å². The number of hydrogen-bond acceptors (Lipinski definition) is 1. The number of benzene rings is 1. The minimum absolute atomic E-state index is 0.351.